The molecule has 0 radical (unpaired) electrons. The first-order valence-corrected chi connectivity index (χ1v) is 14.6. The third kappa shape index (κ3) is 8.37. The third-order valence-corrected chi connectivity index (χ3v) is 7.40. The Morgan fingerprint density at radius 3 is 2.51 bits per heavy atom. The Bertz CT molecular complexity index is 1610. The topological polar surface area (TPSA) is 129 Å². The summed E-state index contributed by atoms with van der Waals surface area (Å²) >= 11 is 0. The lowest BCUT2D eigenvalue weighted by Crippen LogP contribution is -2.46. The molecule has 10 heteroatoms. The number of fused-ring (bicyclic) bond motifs is 1. The number of hydrogen-bond donors (Lipinski definition) is 5. The summed E-state index contributed by atoms with van der Waals surface area (Å²) in [6.07, 6.45) is 8.40. The van der Waals surface area contributed by atoms with E-state index >= 15 is 0 Å². The summed E-state index contributed by atoms with van der Waals surface area (Å²) in [6, 6.07) is 20.9. The number of benzene rings is 3. The van der Waals surface area contributed by atoms with Gasteiger partial charge in [-0.05, 0) is 53.4 Å². The quantitative estimate of drug-likeness (QED) is 0.121. The van der Waals surface area contributed by atoms with E-state index in [9.17, 15) is 9.59 Å². The summed E-state index contributed by atoms with van der Waals surface area (Å²) in [5.74, 6) is 1.33. The molecule has 222 valence electrons. The fraction of sp³-hybridized carbons (Fsp3) is 0.273. The molecule has 0 aliphatic heterocycles. The summed E-state index contributed by atoms with van der Waals surface area (Å²) in [5, 5.41) is 15.0. The van der Waals surface area contributed by atoms with Gasteiger partial charge in [0.2, 0.25) is 5.91 Å². The first-order valence-electron chi connectivity index (χ1n) is 14.6. The van der Waals surface area contributed by atoms with Crippen molar-refractivity contribution >= 4 is 22.6 Å². The van der Waals surface area contributed by atoms with Crippen LogP contribution in [-0.2, 0) is 38.0 Å². The van der Waals surface area contributed by atoms with E-state index in [2.05, 4.69) is 54.4 Å². The van der Waals surface area contributed by atoms with Gasteiger partial charge in [0, 0.05) is 50.5 Å². The van der Waals surface area contributed by atoms with Crippen molar-refractivity contribution in [3.63, 3.8) is 0 Å². The van der Waals surface area contributed by atoms with Gasteiger partial charge in [-0.15, -0.1) is 0 Å². The predicted octanol–water partition coefficient (Wildman–Crippen LogP) is 3.57. The number of aromatic nitrogens is 4. The van der Waals surface area contributed by atoms with E-state index in [1.54, 1.807) is 30.7 Å². The zero-order chi connectivity index (χ0) is 29.9. The summed E-state index contributed by atoms with van der Waals surface area (Å²) in [5.41, 5.74) is 2.59. The van der Waals surface area contributed by atoms with Crippen molar-refractivity contribution < 1.29 is 9.59 Å². The highest BCUT2D eigenvalue weighted by Crippen LogP contribution is 2.18. The standard InChI is InChI=1S/C33H38N8O2/c1-41-19-18-38-31(41)23-34-15-5-10-29(33(43)39-21-27-8-4-7-25-6-2-3-9-28(25)27)40-32(42)26-13-11-24(12-14-26)20-35-22-30-36-16-17-37-30/h2-4,6-9,11-14,16-19,29,34-35H,5,10,15,20-23H2,1H3,(H,36,37)(H,39,43)(H,40,42)/t29-/m0/s1. The van der Waals surface area contributed by atoms with Crippen molar-refractivity contribution in [3.8, 4) is 0 Å². The number of carbonyl (C=O) groups is 2. The number of aryl methyl sites for hydroxylation is 1. The van der Waals surface area contributed by atoms with E-state index in [0.717, 1.165) is 33.5 Å². The van der Waals surface area contributed by atoms with Gasteiger partial charge in [0.1, 0.15) is 17.7 Å². The zero-order valence-electron chi connectivity index (χ0n) is 24.3. The van der Waals surface area contributed by atoms with Gasteiger partial charge < -0.3 is 30.8 Å². The number of nitrogens with zero attached hydrogens (tertiary/aromatic N) is 3. The number of imidazole rings is 2. The number of rotatable bonds is 15. The van der Waals surface area contributed by atoms with Crippen LogP contribution < -0.4 is 21.3 Å². The summed E-state index contributed by atoms with van der Waals surface area (Å²) < 4.78 is 1.97. The average Bonchev–Trinajstić information content (AvgIpc) is 3.71. The fourth-order valence-corrected chi connectivity index (χ4v) is 4.95. The van der Waals surface area contributed by atoms with E-state index in [0.29, 0.717) is 51.1 Å². The SMILES string of the molecule is Cn1ccnc1CNCCC[C@H](NC(=O)c1ccc(CNCc2ncc[nH]2)cc1)C(=O)NCc1cccc2ccccc12. The minimum Gasteiger partial charge on any atom is -0.350 e. The molecule has 10 nitrogen and oxygen atoms in total. The minimum absolute atomic E-state index is 0.205. The van der Waals surface area contributed by atoms with Gasteiger partial charge in [-0.1, -0.05) is 54.6 Å². The average molecular weight is 579 g/mol. The zero-order valence-corrected chi connectivity index (χ0v) is 24.3. The Morgan fingerprint density at radius 2 is 1.72 bits per heavy atom. The second-order valence-electron chi connectivity index (χ2n) is 10.5. The number of H-pyrrole nitrogens is 1. The summed E-state index contributed by atoms with van der Waals surface area (Å²) in [7, 11) is 1.96. The Morgan fingerprint density at radius 1 is 0.884 bits per heavy atom. The molecule has 0 saturated carbocycles. The third-order valence-electron chi connectivity index (χ3n) is 7.40. The van der Waals surface area contributed by atoms with E-state index in [4.69, 9.17) is 0 Å². The van der Waals surface area contributed by atoms with Crippen molar-refractivity contribution in [3.05, 3.63) is 120 Å². The molecule has 5 rings (SSSR count). The van der Waals surface area contributed by atoms with Gasteiger partial charge >= 0.3 is 0 Å². The highest BCUT2D eigenvalue weighted by atomic mass is 16.2. The van der Waals surface area contributed by atoms with Crippen LogP contribution in [0.25, 0.3) is 10.8 Å². The van der Waals surface area contributed by atoms with E-state index < -0.39 is 6.04 Å². The highest BCUT2D eigenvalue weighted by molar-refractivity contribution is 5.97. The van der Waals surface area contributed by atoms with Gasteiger partial charge in [-0.2, -0.15) is 0 Å². The number of aromatic amines is 1. The Kier molecular flexibility index (Phi) is 10.3. The van der Waals surface area contributed by atoms with Crippen LogP contribution in [0.1, 0.15) is 46.0 Å². The van der Waals surface area contributed by atoms with Gasteiger partial charge in [0.25, 0.3) is 5.91 Å². The molecular formula is C33H38N8O2. The molecule has 2 amide bonds. The molecular weight excluding hydrogens is 540 g/mol. The normalized spacial score (nSPS) is 11.8. The van der Waals surface area contributed by atoms with Crippen molar-refractivity contribution in [2.24, 2.45) is 7.05 Å². The smallest absolute Gasteiger partial charge is 0.251 e. The largest absolute Gasteiger partial charge is 0.350 e. The van der Waals surface area contributed by atoms with Gasteiger partial charge in [-0.25, -0.2) is 9.97 Å². The van der Waals surface area contributed by atoms with Crippen LogP contribution in [0.2, 0.25) is 0 Å². The molecule has 0 fully saturated rings. The van der Waals surface area contributed by atoms with Crippen LogP contribution in [0.4, 0.5) is 0 Å². The molecule has 0 aliphatic rings. The minimum atomic E-state index is -0.674. The number of amides is 2. The Hall–Kier alpha value is -4.80. The molecule has 0 unspecified atom stereocenters. The Labute approximate surface area is 251 Å². The lowest BCUT2D eigenvalue weighted by atomic mass is 10.0. The van der Waals surface area contributed by atoms with Crippen LogP contribution in [-0.4, -0.2) is 43.9 Å². The molecule has 2 heterocycles. The summed E-state index contributed by atoms with van der Waals surface area (Å²) in [4.78, 5) is 38.2. The van der Waals surface area contributed by atoms with Crippen molar-refractivity contribution in [2.75, 3.05) is 6.54 Å². The second-order valence-corrected chi connectivity index (χ2v) is 10.5. The molecule has 1 atom stereocenters. The molecule has 0 saturated heterocycles. The lowest BCUT2D eigenvalue weighted by Gasteiger charge is -2.19. The first-order chi connectivity index (χ1) is 21.1. The maximum Gasteiger partial charge on any atom is 0.251 e. The molecule has 3 aromatic carbocycles. The molecule has 5 N–H and O–H groups in total. The predicted molar refractivity (Wildman–Crippen MR) is 167 cm³/mol. The summed E-state index contributed by atoms with van der Waals surface area (Å²) in [6.45, 7) is 2.98. The first kappa shape index (κ1) is 29.7. The molecule has 2 aromatic heterocycles. The van der Waals surface area contributed by atoms with Crippen LogP contribution >= 0.6 is 0 Å². The van der Waals surface area contributed by atoms with E-state index in [1.165, 1.54) is 0 Å². The Balaban J connectivity index is 1.18. The molecule has 5 aromatic rings. The monoisotopic (exact) mass is 578 g/mol. The maximum absolute atomic E-state index is 13.4. The molecule has 43 heavy (non-hydrogen) atoms. The van der Waals surface area contributed by atoms with Gasteiger partial charge in [-0.3, -0.25) is 9.59 Å². The molecule has 0 spiro atoms. The molecule has 0 aliphatic carbocycles. The van der Waals surface area contributed by atoms with Crippen molar-refractivity contribution in [2.45, 2.75) is 45.1 Å². The van der Waals surface area contributed by atoms with E-state index in [-0.39, 0.29) is 11.8 Å². The van der Waals surface area contributed by atoms with Crippen LogP contribution in [0, 0.1) is 0 Å². The van der Waals surface area contributed by atoms with Crippen molar-refractivity contribution in [1.82, 2.24) is 40.8 Å². The number of nitrogens with one attached hydrogen (secondary N) is 5. The van der Waals surface area contributed by atoms with Gasteiger partial charge in [0.05, 0.1) is 13.1 Å². The van der Waals surface area contributed by atoms with E-state index in [1.807, 2.05) is 54.2 Å². The van der Waals surface area contributed by atoms with Gasteiger partial charge in [0.15, 0.2) is 0 Å². The molecule has 0 bridgehead atoms. The van der Waals surface area contributed by atoms with Crippen molar-refractivity contribution in [1.29, 1.82) is 0 Å². The second kappa shape index (κ2) is 14.9. The van der Waals surface area contributed by atoms with Crippen LogP contribution in [0.15, 0.2) is 91.5 Å². The fourth-order valence-electron chi connectivity index (χ4n) is 4.95. The van der Waals surface area contributed by atoms with Crippen LogP contribution in [0.3, 0.4) is 0 Å². The maximum atomic E-state index is 13.4. The number of hydrogen-bond acceptors (Lipinski definition) is 6. The lowest BCUT2D eigenvalue weighted by molar-refractivity contribution is -0.123. The number of carbonyl (C=O) groups excluding carboxylic acids is 2. The highest BCUT2D eigenvalue weighted by Gasteiger charge is 2.21. The van der Waals surface area contributed by atoms with Crippen LogP contribution in [0.5, 0.6) is 0 Å².